The van der Waals surface area contributed by atoms with Crippen LogP contribution in [0, 0.1) is 12.7 Å². The molecule has 2 aromatic heterocycles. The highest BCUT2D eigenvalue weighted by molar-refractivity contribution is 7.98. The lowest BCUT2D eigenvalue weighted by Crippen LogP contribution is -2.15. The van der Waals surface area contributed by atoms with Gasteiger partial charge in [-0.15, -0.1) is 11.8 Å². The molecule has 4 aromatic rings. The van der Waals surface area contributed by atoms with Gasteiger partial charge in [0.15, 0.2) is 0 Å². The van der Waals surface area contributed by atoms with Crippen molar-refractivity contribution in [3.8, 4) is 0 Å². The van der Waals surface area contributed by atoms with Gasteiger partial charge in [0, 0.05) is 22.3 Å². The van der Waals surface area contributed by atoms with Gasteiger partial charge in [-0.25, -0.2) is 9.37 Å². The van der Waals surface area contributed by atoms with E-state index in [0.29, 0.717) is 22.1 Å². The fourth-order valence-corrected chi connectivity index (χ4v) is 4.36. The summed E-state index contributed by atoms with van der Waals surface area (Å²) in [6.45, 7) is 1.82. The molecule has 0 aliphatic heterocycles. The Bertz CT molecular complexity index is 1270. The van der Waals surface area contributed by atoms with Gasteiger partial charge in [-0.05, 0) is 37.3 Å². The monoisotopic (exact) mass is 426 g/mol. The Balaban J connectivity index is 1.53. The van der Waals surface area contributed by atoms with Crippen LogP contribution in [-0.2, 0) is 5.75 Å². The van der Waals surface area contributed by atoms with Crippen LogP contribution >= 0.6 is 23.1 Å². The second-order valence-electron chi connectivity index (χ2n) is 6.15. The first-order valence-corrected chi connectivity index (χ1v) is 10.4. The van der Waals surface area contributed by atoms with Crippen LogP contribution in [0.4, 0.5) is 10.1 Å². The Hall–Kier alpha value is -3.04. The second kappa shape index (κ2) is 8.14. The largest absolute Gasteiger partial charge is 0.321 e. The highest BCUT2D eigenvalue weighted by Crippen LogP contribution is 2.30. The quantitative estimate of drug-likeness (QED) is 0.486. The SMILES string of the molecule is Cc1nn2c(=O)cc(CSc3ccccc3NC(=O)c3cccc(F)c3)nc2s1. The number of benzene rings is 2. The van der Waals surface area contributed by atoms with E-state index in [-0.39, 0.29) is 11.1 Å². The van der Waals surface area contributed by atoms with Gasteiger partial charge in [0.2, 0.25) is 4.96 Å². The summed E-state index contributed by atoms with van der Waals surface area (Å²) in [4.78, 5) is 30.5. The fourth-order valence-electron chi connectivity index (χ4n) is 2.70. The lowest BCUT2D eigenvalue weighted by molar-refractivity contribution is 0.102. The maximum absolute atomic E-state index is 13.4. The molecule has 0 radical (unpaired) electrons. The molecule has 4 rings (SSSR count). The molecule has 29 heavy (non-hydrogen) atoms. The third kappa shape index (κ3) is 4.36. The van der Waals surface area contributed by atoms with Gasteiger partial charge in [0.25, 0.3) is 11.5 Å². The molecule has 0 aliphatic carbocycles. The Morgan fingerprint density at radius 1 is 1.21 bits per heavy atom. The van der Waals surface area contributed by atoms with Crippen LogP contribution in [0.2, 0.25) is 0 Å². The summed E-state index contributed by atoms with van der Waals surface area (Å²) in [7, 11) is 0. The average molecular weight is 426 g/mol. The number of hydrogen-bond donors (Lipinski definition) is 1. The molecule has 1 N–H and O–H groups in total. The van der Waals surface area contributed by atoms with E-state index in [0.717, 1.165) is 9.90 Å². The molecule has 0 atom stereocenters. The zero-order chi connectivity index (χ0) is 20.4. The number of thioether (sulfide) groups is 1. The molecule has 0 unspecified atom stereocenters. The van der Waals surface area contributed by atoms with Gasteiger partial charge in [0.05, 0.1) is 11.4 Å². The molecule has 146 valence electrons. The molecular formula is C20H15FN4O2S2. The van der Waals surface area contributed by atoms with Gasteiger partial charge in [0.1, 0.15) is 10.8 Å². The van der Waals surface area contributed by atoms with E-state index >= 15 is 0 Å². The van der Waals surface area contributed by atoms with Crippen molar-refractivity contribution >= 4 is 39.7 Å². The van der Waals surface area contributed by atoms with Crippen molar-refractivity contribution in [3.63, 3.8) is 0 Å². The van der Waals surface area contributed by atoms with E-state index in [1.165, 1.54) is 51.9 Å². The summed E-state index contributed by atoms with van der Waals surface area (Å²) < 4.78 is 14.7. The number of carbonyl (C=O) groups excluding carboxylic acids is 1. The number of fused-ring (bicyclic) bond motifs is 1. The highest BCUT2D eigenvalue weighted by Gasteiger charge is 2.12. The third-order valence-electron chi connectivity index (χ3n) is 4.00. The predicted octanol–water partition coefficient (Wildman–Crippen LogP) is 4.14. The Morgan fingerprint density at radius 2 is 2.03 bits per heavy atom. The van der Waals surface area contributed by atoms with E-state index in [1.54, 1.807) is 12.1 Å². The second-order valence-corrected chi connectivity index (χ2v) is 8.33. The average Bonchev–Trinajstić information content (AvgIpc) is 3.08. The standard InChI is InChI=1S/C20H15FN4O2S2/c1-12-24-25-18(26)10-15(22-20(25)29-12)11-28-17-8-3-2-7-16(17)23-19(27)13-5-4-6-14(21)9-13/h2-10H,11H2,1H3,(H,23,27). The Kier molecular flexibility index (Phi) is 5.41. The fraction of sp³-hybridized carbons (Fsp3) is 0.100. The minimum Gasteiger partial charge on any atom is -0.321 e. The van der Waals surface area contributed by atoms with Crippen molar-refractivity contribution in [1.29, 1.82) is 0 Å². The lowest BCUT2D eigenvalue weighted by atomic mass is 10.2. The summed E-state index contributed by atoms with van der Waals surface area (Å²) in [5.74, 6) is -0.406. The molecule has 1 amide bonds. The molecule has 0 saturated heterocycles. The van der Waals surface area contributed by atoms with Crippen molar-refractivity contribution in [2.75, 3.05) is 5.32 Å². The van der Waals surface area contributed by atoms with E-state index in [2.05, 4.69) is 15.4 Å². The number of aryl methyl sites for hydroxylation is 1. The Morgan fingerprint density at radius 3 is 2.86 bits per heavy atom. The lowest BCUT2D eigenvalue weighted by Gasteiger charge is -2.11. The minimum atomic E-state index is -0.466. The van der Waals surface area contributed by atoms with Crippen molar-refractivity contribution < 1.29 is 9.18 Å². The van der Waals surface area contributed by atoms with Gasteiger partial charge >= 0.3 is 0 Å². The molecule has 2 aromatic carbocycles. The van der Waals surface area contributed by atoms with Crippen molar-refractivity contribution in [3.05, 3.63) is 87.0 Å². The zero-order valence-corrected chi connectivity index (χ0v) is 16.9. The number of aromatic nitrogens is 3. The Labute approximate surface area is 173 Å². The number of halogens is 1. The maximum Gasteiger partial charge on any atom is 0.275 e. The molecule has 9 heteroatoms. The minimum absolute atomic E-state index is 0.220. The number of anilines is 1. The number of nitrogens with zero attached hydrogens (tertiary/aromatic N) is 3. The molecule has 2 heterocycles. The van der Waals surface area contributed by atoms with Gasteiger partial charge in [-0.1, -0.05) is 29.5 Å². The van der Waals surface area contributed by atoms with Crippen LogP contribution in [0.25, 0.3) is 4.96 Å². The number of para-hydroxylation sites is 1. The van der Waals surface area contributed by atoms with Crippen molar-refractivity contribution in [2.45, 2.75) is 17.6 Å². The zero-order valence-electron chi connectivity index (χ0n) is 15.3. The van der Waals surface area contributed by atoms with Crippen LogP contribution in [-0.4, -0.2) is 20.5 Å². The smallest absolute Gasteiger partial charge is 0.275 e. The number of rotatable bonds is 5. The summed E-state index contributed by atoms with van der Waals surface area (Å²) in [5, 5.41) is 7.72. The van der Waals surface area contributed by atoms with E-state index in [1.807, 2.05) is 25.1 Å². The van der Waals surface area contributed by atoms with Gasteiger partial charge < -0.3 is 5.32 Å². The van der Waals surface area contributed by atoms with Gasteiger partial charge in [-0.3, -0.25) is 9.59 Å². The van der Waals surface area contributed by atoms with Crippen molar-refractivity contribution in [2.24, 2.45) is 0 Å². The summed E-state index contributed by atoms with van der Waals surface area (Å²) in [5.41, 5.74) is 1.27. The summed E-state index contributed by atoms with van der Waals surface area (Å²) in [6, 6.07) is 14.3. The van der Waals surface area contributed by atoms with E-state index in [4.69, 9.17) is 0 Å². The molecule has 0 fully saturated rings. The molecule has 0 aliphatic rings. The normalized spacial score (nSPS) is 11.0. The number of amides is 1. The molecule has 6 nitrogen and oxygen atoms in total. The van der Waals surface area contributed by atoms with E-state index < -0.39 is 11.7 Å². The predicted molar refractivity (Wildman–Crippen MR) is 112 cm³/mol. The summed E-state index contributed by atoms with van der Waals surface area (Å²) in [6.07, 6.45) is 0. The van der Waals surface area contributed by atoms with Crippen LogP contribution in [0.1, 0.15) is 21.1 Å². The first kappa shape index (κ1) is 19.3. The molecule has 0 saturated carbocycles. The third-order valence-corrected chi connectivity index (χ3v) is 5.93. The first-order valence-electron chi connectivity index (χ1n) is 8.65. The highest BCUT2D eigenvalue weighted by atomic mass is 32.2. The maximum atomic E-state index is 13.4. The van der Waals surface area contributed by atoms with Gasteiger partial charge in [-0.2, -0.15) is 9.61 Å². The summed E-state index contributed by atoms with van der Waals surface area (Å²) >= 11 is 2.81. The number of carbonyl (C=O) groups is 1. The van der Waals surface area contributed by atoms with Crippen LogP contribution in [0.5, 0.6) is 0 Å². The first-order chi connectivity index (χ1) is 14.0. The van der Waals surface area contributed by atoms with Crippen LogP contribution < -0.4 is 10.9 Å². The van der Waals surface area contributed by atoms with E-state index in [9.17, 15) is 14.0 Å². The molecule has 0 spiro atoms. The molecular weight excluding hydrogens is 411 g/mol. The van der Waals surface area contributed by atoms with Crippen LogP contribution in [0.15, 0.2) is 64.3 Å². The number of nitrogens with one attached hydrogen (secondary N) is 1. The van der Waals surface area contributed by atoms with Crippen LogP contribution in [0.3, 0.4) is 0 Å². The number of hydrogen-bond acceptors (Lipinski definition) is 6. The molecule has 0 bridgehead atoms. The van der Waals surface area contributed by atoms with Crippen molar-refractivity contribution in [1.82, 2.24) is 14.6 Å². The topological polar surface area (TPSA) is 76.4 Å².